The zero-order chi connectivity index (χ0) is 23.8. The van der Waals surface area contributed by atoms with E-state index in [9.17, 15) is 14.9 Å². The fourth-order valence-corrected chi connectivity index (χ4v) is 5.05. The molecule has 0 spiro atoms. The van der Waals surface area contributed by atoms with Crippen molar-refractivity contribution in [3.8, 4) is 17.1 Å². The van der Waals surface area contributed by atoms with Crippen molar-refractivity contribution in [1.29, 1.82) is 0 Å². The number of hydrogen-bond acceptors (Lipinski definition) is 7. The monoisotopic (exact) mass is 488 g/mol. The SMILES string of the molecule is COc1cc([N+](=O)[O-])ccc1-c1ccc(/C=C2\SC(=S)N(c3cccc4ccccc34)C2=O)o1. The molecule has 0 unspecified atom stereocenters. The maximum atomic E-state index is 13.3. The third kappa shape index (κ3) is 3.85. The first kappa shape index (κ1) is 21.9. The molecule has 0 saturated carbocycles. The van der Waals surface area contributed by atoms with Gasteiger partial charge in [0.25, 0.3) is 11.6 Å². The van der Waals surface area contributed by atoms with Gasteiger partial charge in [-0.2, -0.15) is 0 Å². The molecular weight excluding hydrogens is 472 g/mol. The Balaban J connectivity index is 1.46. The van der Waals surface area contributed by atoms with E-state index in [1.54, 1.807) is 24.3 Å². The summed E-state index contributed by atoms with van der Waals surface area (Å²) in [5.41, 5.74) is 1.22. The predicted octanol–water partition coefficient (Wildman–Crippen LogP) is 6.42. The number of nitro benzene ring substituents is 1. The molecule has 1 amide bonds. The van der Waals surface area contributed by atoms with Crippen LogP contribution in [0.25, 0.3) is 28.2 Å². The van der Waals surface area contributed by atoms with Gasteiger partial charge in [-0.15, -0.1) is 0 Å². The van der Waals surface area contributed by atoms with Crippen molar-refractivity contribution >= 4 is 62.4 Å². The summed E-state index contributed by atoms with van der Waals surface area (Å²) in [6, 6.07) is 21.3. The molecule has 5 rings (SSSR count). The lowest BCUT2D eigenvalue weighted by atomic mass is 10.1. The molecule has 0 bridgehead atoms. The molecule has 1 aromatic heterocycles. The van der Waals surface area contributed by atoms with Gasteiger partial charge in [-0.05, 0) is 29.7 Å². The molecule has 9 heteroatoms. The lowest BCUT2D eigenvalue weighted by molar-refractivity contribution is -0.384. The van der Waals surface area contributed by atoms with E-state index in [1.807, 2.05) is 42.5 Å². The van der Waals surface area contributed by atoms with Crippen LogP contribution in [0.15, 0.2) is 82.1 Å². The number of carbonyl (C=O) groups excluding carboxylic acids is 1. The molecule has 1 aliphatic rings. The number of nitro groups is 1. The summed E-state index contributed by atoms with van der Waals surface area (Å²) >= 11 is 6.74. The third-order valence-corrected chi connectivity index (χ3v) is 6.66. The molecule has 0 aliphatic carbocycles. The van der Waals surface area contributed by atoms with Crippen molar-refractivity contribution in [2.45, 2.75) is 0 Å². The van der Waals surface area contributed by atoms with E-state index < -0.39 is 4.92 Å². The Hall–Kier alpha value is -3.95. The van der Waals surface area contributed by atoms with Gasteiger partial charge in [0.15, 0.2) is 4.32 Å². The maximum absolute atomic E-state index is 13.3. The van der Waals surface area contributed by atoms with E-state index in [1.165, 1.54) is 35.9 Å². The van der Waals surface area contributed by atoms with E-state index in [0.717, 1.165) is 16.5 Å². The zero-order valence-corrected chi connectivity index (χ0v) is 19.4. The Bertz CT molecular complexity index is 1500. The molecule has 0 radical (unpaired) electrons. The number of methoxy groups -OCH3 is 1. The van der Waals surface area contributed by atoms with E-state index in [4.69, 9.17) is 21.4 Å². The predicted molar refractivity (Wildman–Crippen MR) is 137 cm³/mol. The molecule has 0 N–H and O–H groups in total. The molecule has 0 atom stereocenters. The molecule has 1 aliphatic heterocycles. The number of rotatable bonds is 5. The second-order valence-electron chi connectivity index (χ2n) is 7.36. The number of hydrogen-bond donors (Lipinski definition) is 0. The first-order valence-corrected chi connectivity index (χ1v) is 11.4. The number of furan rings is 1. The van der Waals surface area contributed by atoms with Gasteiger partial charge in [0.05, 0.1) is 34.3 Å². The van der Waals surface area contributed by atoms with Crippen molar-refractivity contribution in [3.63, 3.8) is 0 Å². The zero-order valence-electron chi connectivity index (χ0n) is 17.8. The van der Waals surface area contributed by atoms with Crippen molar-refractivity contribution in [1.82, 2.24) is 0 Å². The fourth-order valence-electron chi connectivity index (χ4n) is 3.78. The van der Waals surface area contributed by atoms with Gasteiger partial charge >= 0.3 is 0 Å². The number of thioether (sulfide) groups is 1. The fraction of sp³-hybridized carbons (Fsp3) is 0.0400. The first-order valence-electron chi connectivity index (χ1n) is 10.1. The van der Waals surface area contributed by atoms with Crippen LogP contribution in [0.5, 0.6) is 5.75 Å². The average Bonchev–Trinajstić information content (AvgIpc) is 3.42. The summed E-state index contributed by atoms with van der Waals surface area (Å²) in [6.45, 7) is 0. The number of non-ortho nitro benzene ring substituents is 1. The minimum atomic E-state index is -0.488. The maximum Gasteiger partial charge on any atom is 0.273 e. The van der Waals surface area contributed by atoms with E-state index in [0.29, 0.717) is 32.1 Å². The number of thiocarbonyl (C=S) groups is 1. The van der Waals surface area contributed by atoms with Gasteiger partial charge in [-0.25, -0.2) is 0 Å². The molecule has 2 heterocycles. The topological polar surface area (TPSA) is 85.8 Å². The van der Waals surface area contributed by atoms with Crippen LogP contribution < -0.4 is 9.64 Å². The molecule has 7 nitrogen and oxygen atoms in total. The summed E-state index contributed by atoms with van der Waals surface area (Å²) in [5.74, 6) is 1.01. The number of benzene rings is 3. The third-order valence-electron chi connectivity index (χ3n) is 5.36. The first-order chi connectivity index (χ1) is 16.5. The average molecular weight is 489 g/mol. The lowest BCUT2D eigenvalue weighted by Gasteiger charge is -2.17. The normalized spacial score (nSPS) is 14.9. The highest BCUT2D eigenvalue weighted by molar-refractivity contribution is 8.27. The molecule has 3 aromatic carbocycles. The van der Waals surface area contributed by atoms with Crippen molar-refractivity contribution < 1.29 is 18.9 Å². The van der Waals surface area contributed by atoms with Crippen LogP contribution in [-0.4, -0.2) is 22.3 Å². The molecule has 168 valence electrons. The van der Waals surface area contributed by atoms with Crippen molar-refractivity contribution in [3.05, 3.63) is 93.6 Å². The molecule has 1 saturated heterocycles. The number of nitrogens with zero attached hydrogens (tertiary/aromatic N) is 2. The lowest BCUT2D eigenvalue weighted by Crippen LogP contribution is -2.27. The Morgan fingerprint density at radius 1 is 1.09 bits per heavy atom. The van der Waals surface area contributed by atoms with E-state index >= 15 is 0 Å². The summed E-state index contributed by atoms with van der Waals surface area (Å²) < 4.78 is 11.7. The summed E-state index contributed by atoms with van der Waals surface area (Å²) in [6.07, 6.45) is 1.64. The number of ether oxygens (including phenoxy) is 1. The number of anilines is 1. The van der Waals surface area contributed by atoms with Gasteiger partial charge in [0.2, 0.25) is 0 Å². The summed E-state index contributed by atoms with van der Waals surface area (Å²) in [5, 5.41) is 13.0. The summed E-state index contributed by atoms with van der Waals surface area (Å²) in [4.78, 5) is 25.8. The number of fused-ring (bicyclic) bond motifs is 1. The Morgan fingerprint density at radius 3 is 2.68 bits per heavy atom. The van der Waals surface area contributed by atoms with Gasteiger partial charge < -0.3 is 9.15 Å². The van der Waals surface area contributed by atoms with Crippen LogP contribution in [0.4, 0.5) is 11.4 Å². The second-order valence-corrected chi connectivity index (χ2v) is 9.03. The summed E-state index contributed by atoms with van der Waals surface area (Å²) in [7, 11) is 1.44. The van der Waals surface area contributed by atoms with Gasteiger partial charge in [-0.3, -0.25) is 19.8 Å². The number of amides is 1. The largest absolute Gasteiger partial charge is 0.496 e. The second kappa shape index (κ2) is 8.77. The Labute approximate surface area is 203 Å². The van der Waals surface area contributed by atoms with Crippen molar-refractivity contribution in [2.75, 3.05) is 12.0 Å². The highest BCUT2D eigenvalue weighted by atomic mass is 32.2. The molecule has 4 aromatic rings. The molecule has 34 heavy (non-hydrogen) atoms. The van der Waals surface area contributed by atoms with E-state index in [2.05, 4.69) is 0 Å². The highest BCUT2D eigenvalue weighted by Crippen LogP contribution is 2.40. The van der Waals surface area contributed by atoms with Crippen LogP contribution in [-0.2, 0) is 4.79 Å². The Morgan fingerprint density at radius 2 is 1.88 bits per heavy atom. The highest BCUT2D eigenvalue weighted by Gasteiger charge is 2.34. The quantitative estimate of drug-likeness (QED) is 0.139. The van der Waals surface area contributed by atoms with Crippen LogP contribution in [0.3, 0.4) is 0 Å². The van der Waals surface area contributed by atoms with Crippen LogP contribution in [0, 0.1) is 10.1 Å². The Kier molecular flexibility index (Phi) is 5.64. The minimum absolute atomic E-state index is 0.0792. The number of carbonyl (C=O) groups is 1. The van der Waals surface area contributed by atoms with Crippen LogP contribution in [0.1, 0.15) is 5.76 Å². The standard InChI is InChI=1S/C25H16N2O5S2/c1-31-22-13-16(27(29)30)9-11-19(22)21-12-10-17(32-21)14-23-24(28)26(25(33)34-23)20-8-4-6-15-5-2-3-7-18(15)20/h2-14H,1H3/b23-14-. The molecule has 1 fully saturated rings. The molecular formula is C25H16N2O5S2. The van der Waals surface area contributed by atoms with Gasteiger partial charge in [0, 0.05) is 17.5 Å². The van der Waals surface area contributed by atoms with Gasteiger partial charge in [0.1, 0.15) is 17.3 Å². The smallest absolute Gasteiger partial charge is 0.273 e. The van der Waals surface area contributed by atoms with Crippen LogP contribution in [0.2, 0.25) is 0 Å². The van der Waals surface area contributed by atoms with Crippen LogP contribution >= 0.6 is 24.0 Å². The van der Waals surface area contributed by atoms with Gasteiger partial charge in [-0.1, -0.05) is 60.4 Å². The minimum Gasteiger partial charge on any atom is -0.496 e. The van der Waals surface area contributed by atoms with Crippen molar-refractivity contribution in [2.24, 2.45) is 0 Å². The van der Waals surface area contributed by atoms with E-state index in [-0.39, 0.29) is 11.6 Å².